The highest BCUT2D eigenvalue weighted by atomic mass is 32.2. The first-order chi connectivity index (χ1) is 15.2. The van der Waals surface area contributed by atoms with Gasteiger partial charge in [0.1, 0.15) is 0 Å². The summed E-state index contributed by atoms with van der Waals surface area (Å²) in [6.45, 7) is 4.03. The molecule has 7 nitrogen and oxygen atoms in total. The average Bonchev–Trinajstić information content (AvgIpc) is 3.03. The molecule has 176 valence electrons. The zero-order valence-electron chi connectivity index (χ0n) is 19.3. The Labute approximate surface area is 191 Å². The summed E-state index contributed by atoms with van der Waals surface area (Å²) in [5.41, 5.74) is 1.70. The van der Waals surface area contributed by atoms with Crippen molar-refractivity contribution in [3.05, 3.63) is 23.8 Å². The molecule has 1 heterocycles. The largest absolute Gasteiger partial charge is 0.352 e. The summed E-state index contributed by atoms with van der Waals surface area (Å²) >= 11 is 0. The second-order valence-electron chi connectivity index (χ2n) is 9.97. The van der Waals surface area contributed by atoms with Crippen molar-refractivity contribution in [2.24, 2.45) is 11.8 Å². The molecule has 2 amide bonds. The molecule has 2 saturated carbocycles. The molecule has 3 aliphatic rings. The molecular formula is C24H35N3O4S. The molecule has 8 heteroatoms. The molecule has 0 spiro atoms. The van der Waals surface area contributed by atoms with E-state index in [1.54, 1.807) is 18.2 Å². The second kappa shape index (κ2) is 9.14. The monoisotopic (exact) mass is 461 g/mol. The van der Waals surface area contributed by atoms with Gasteiger partial charge in [0, 0.05) is 30.7 Å². The molecule has 0 saturated heterocycles. The summed E-state index contributed by atoms with van der Waals surface area (Å²) in [6, 6.07) is 5.14. The van der Waals surface area contributed by atoms with Crippen molar-refractivity contribution in [3.63, 3.8) is 0 Å². The zero-order valence-corrected chi connectivity index (χ0v) is 20.2. The molecule has 0 bridgehead atoms. The Balaban J connectivity index is 1.43. The molecule has 1 aliphatic heterocycles. The van der Waals surface area contributed by atoms with Gasteiger partial charge in [-0.1, -0.05) is 13.3 Å². The van der Waals surface area contributed by atoms with Gasteiger partial charge in [0.2, 0.25) is 21.8 Å². The molecule has 1 aromatic carbocycles. The predicted octanol–water partition coefficient (Wildman–Crippen LogP) is 3.08. The third-order valence-corrected chi connectivity index (χ3v) is 9.21. The average molecular weight is 462 g/mol. The van der Waals surface area contributed by atoms with Crippen molar-refractivity contribution in [1.29, 1.82) is 0 Å². The molecule has 2 fully saturated rings. The molecule has 32 heavy (non-hydrogen) atoms. The maximum absolute atomic E-state index is 13.1. The van der Waals surface area contributed by atoms with Crippen LogP contribution in [0.15, 0.2) is 23.1 Å². The van der Waals surface area contributed by atoms with E-state index in [-0.39, 0.29) is 41.3 Å². The van der Waals surface area contributed by atoms with E-state index in [2.05, 4.69) is 12.2 Å². The molecule has 1 aromatic rings. The molecule has 4 rings (SSSR count). The summed E-state index contributed by atoms with van der Waals surface area (Å²) < 4.78 is 27.4. The van der Waals surface area contributed by atoms with E-state index in [1.165, 1.54) is 7.05 Å². The highest BCUT2D eigenvalue weighted by Crippen LogP contribution is 2.38. The number of anilines is 1. The van der Waals surface area contributed by atoms with E-state index in [1.807, 2.05) is 11.8 Å². The minimum Gasteiger partial charge on any atom is -0.352 e. The quantitative estimate of drug-likeness (QED) is 0.705. The van der Waals surface area contributed by atoms with Gasteiger partial charge in [-0.3, -0.25) is 9.59 Å². The van der Waals surface area contributed by atoms with Crippen LogP contribution in [0.4, 0.5) is 5.69 Å². The zero-order chi connectivity index (χ0) is 23.0. The van der Waals surface area contributed by atoms with Gasteiger partial charge in [0.15, 0.2) is 0 Å². The van der Waals surface area contributed by atoms with Crippen molar-refractivity contribution in [2.45, 2.75) is 82.2 Å². The third kappa shape index (κ3) is 4.57. The maximum atomic E-state index is 13.1. The fourth-order valence-electron chi connectivity index (χ4n) is 5.10. The predicted molar refractivity (Wildman–Crippen MR) is 124 cm³/mol. The number of likely N-dealkylation sites (N-methyl/N-ethyl adjacent to an activating group) is 1. The van der Waals surface area contributed by atoms with Crippen molar-refractivity contribution in [2.75, 3.05) is 18.5 Å². The standard InChI is InChI=1S/C24H35N3O4S/c1-16-7-9-20(10-8-16)25-23(28)15-26(3)32(30,31)21-11-12-22-19(14-21)13-17(2)27(22)24(29)18-5-4-6-18/h11-12,14,16-18,20H,4-10,13,15H2,1-3H3,(H,25,28)/t16?,17-,20?/m0/s1. The summed E-state index contributed by atoms with van der Waals surface area (Å²) in [7, 11) is -2.36. The van der Waals surface area contributed by atoms with E-state index >= 15 is 0 Å². The van der Waals surface area contributed by atoms with Gasteiger partial charge >= 0.3 is 0 Å². The minimum absolute atomic E-state index is 0.0257. The Morgan fingerprint density at radius 2 is 1.78 bits per heavy atom. The Kier molecular flexibility index (Phi) is 6.63. The summed E-state index contributed by atoms with van der Waals surface area (Å²) in [5.74, 6) is 0.684. The molecule has 1 atom stereocenters. The lowest BCUT2D eigenvalue weighted by Crippen LogP contribution is -2.43. The molecule has 2 aliphatic carbocycles. The van der Waals surface area contributed by atoms with Crippen LogP contribution in [-0.4, -0.2) is 50.2 Å². The lowest BCUT2D eigenvalue weighted by atomic mass is 9.84. The van der Waals surface area contributed by atoms with Crippen LogP contribution in [0.5, 0.6) is 0 Å². The highest BCUT2D eigenvalue weighted by molar-refractivity contribution is 7.89. The first kappa shape index (κ1) is 23.2. The number of hydrogen-bond acceptors (Lipinski definition) is 4. The number of hydrogen-bond donors (Lipinski definition) is 1. The molecule has 0 radical (unpaired) electrons. The normalized spacial score (nSPS) is 26.0. The summed E-state index contributed by atoms with van der Waals surface area (Å²) in [4.78, 5) is 27.3. The van der Waals surface area contributed by atoms with Gasteiger partial charge in [0.25, 0.3) is 0 Å². The molecule has 0 unspecified atom stereocenters. The van der Waals surface area contributed by atoms with Crippen LogP contribution in [0.3, 0.4) is 0 Å². The van der Waals surface area contributed by atoms with E-state index in [4.69, 9.17) is 0 Å². The van der Waals surface area contributed by atoms with Crippen LogP contribution < -0.4 is 10.2 Å². The fourth-order valence-corrected chi connectivity index (χ4v) is 6.28. The van der Waals surface area contributed by atoms with Crippen molar-refractivity contribution in [3.8, 4) is 0 Å². The van der Waals surface area contributed by atoms with Gasteiger partial charge in [-0.25, -0.2) is 8.42 Å². The lowest BCUT2D eigenvalue weighted by Gasteiger charge is -2.32. The third-order valence-electron chi connectivity index (χ3n) is 7.41. The maximum Gasteiger partial charge on any atom is 0.243 e. The number of carbonyl (C=O) groups excluding carboxylic acids is 2. The highest BCUT2D eigenvalue weighted by Gasteiger charge is 2.37. The smallest absolute Gasteiger partial charge is 0.243 e. The van der Waals surface area contributed by atoms with Gasteiger partial charge in [-0.15, -0.1) is 0 Å². The lowest BCUT2D eigenvalue weighted by molar-refractivity contribution is -0.125. The fraction of sp³-hybridized carbons (Fsp3) is 0.667. The number of nitrogens with zero attached hydrogens (tertiary/aromatic N) is 2. The summed E-state index contributed by atoms with van der Waals surface area (Å²) in [6.07, 6.45) is 7.70. The Hall–Kier alpha value is -1.93. The van der Waals surface area contributed by atoms with Gasteiger partial charge in [-0.05, 0) is 81.5 Å². The molecular weight excluding hydrogens is 426 g/mol. The first-order valence-corrected chi connectivity index (χ1v) is 13.3. The van der Waals surface area contributed by atoms with E-state index in [0.29, 0.717) is 12.3 Å². The Bertz CT molecular complexity index is 981. The van der Waals surface area contributed by atoms with E-state index in [0.717, 1.165) is 60.5 Å². The van der Waals surface area contributed by atoms with Crippen LogP contribution in [0.1, 0.15) is 64.4 Å². The Morgan fingerprint density at radius 3 is 2.41 bits per heavy atom. The summed E-state index contributed by atoms with van der Waals surface area (Å²) in [5, 5.41) is 2.99. The second-order valence-corrected chi connectivity index (χ2v) is 12.0. The van der Waals surface area contributed by atoms with Crippen LogP contribution in [0.2, 0.25) is 0 Å². The van der Waals surface area contributed by atoms with Crippen molar-refractivity contribution in [1.82, 2.24) is 9.62 Å². The number of benzene rings is 1. The van der Waals surface area contributed by atoms with Gasteiger partial charge < -0.3 is 10.2 Å². The number of carbonyl (C=O) groups is 2. The number of rotatable bonds is 6. The molecule has 0 aromatic heterocycles. The SMILES string of the molecule is CC1CCC(NC(=O)CN(C)S(=O)(=O)c2ccc3c(c2)C[C@H](C)N3C(=O)C2CCC2)CC1. The number of fused-ring (bicyclic) bond motifs is 1. The van der Waals surface area contributed by atoms with Crippen LogP contribution in [-0.2, 0) is 26.0 Å². The van der Waals surface area contributed by atoms with Gasteiger partial charge in [-0.2, -0.15) is 4.31 Å². The van der Waals surface area contributed by atoms with Crippen LogP contribution >= 0.6 is 0 Å². The number of nitrogens with one attached hydrogen (secondary N) is 1. The van der Waals surface area contributed by atoms with Crippen LogP contribution in [0, 0.1) is 11.8 Å². The minimum atomic E-state index is -3.80. The van der Waals surface area contributed by atoms with E-state index < -0.39 is 10.0 Å². The van der Waals surface area contributed by atoms with Crippen molar-refractivity contribution >= 4 is 27.5 Å². The van der Waals surface area contributed by atoms with Crippen LogP contribution in [0.25, 0.3) is 0 Å². The molecule has 1 N–H and O–H groups in total. The Morgan fingerprint density at radius 1 is 1.09 bits per heavy atom. The first-order valence-electron chi connectivity index (χ1n) is 11.9. The topological polar surface area (TPSA) is 86.8 Å². The number of amides is 2. The van der Waals surface area contributed by atoms with Gasteiger partial charge in [0.05, 0.1) is 11.4 Å². The van der Waals surface area contributed by atoms with E-state index in [9.17, 15) is 18.0 Å². The van der Waals surface area contributed by atoms with Crippen molar-refractivity contribution < 1.29 is 18.0 Å². The number of sulfonamides is 1.